The number of halogens is 1. The third-order valence-electron chi connectivity index (χ3n) is 3.59. The van der Waals surface area contributed by atoms with Crippen molar-refractivity contribution in [3.8, 4) is 5.69 Å². The van der Waals surface area contributed by atoms with Gasteiger partial charge < -0.3 is 0 Å². The summed E-state index contributed by atoms with van der Waals surface area (Å²) in [5.41, 5.74) is 2.51. The molecular weight excluding hydrogens is 346 g/mol. The quantitative estimate of drug-likeness (QED) is 0.765. The molecule has 1 N–H and O–H groups in total. The van der Waals surface area contributed by atoms with Crippen LogP contribution < -0.4 is 4.72 Å². The van der Waals surface area contributed by atoms with Gasteiger partial charge in [0.05, 0.1) is 23.3 Å². The van der Waals surface area contributed by atoms with Crippen molar-refractivity contribution >= 4 is 27.3 Å². The minimum atomic E-state index is -3.75. The molecule has 0 saturated carbocycles. The van der Waals surface area contributed by atoms with Crippen molar-refractivity contribution in [3.63, 3.8) is 0 Å². The minimum Gasteiger partial charge on any atom is -0.279 e. The number of rotatable bonds is 4. The van der Waals surface area contributed by atoms with Crippen LogP contribution in [-0.2, 0) is 10.0 Å². The topological polar surface area (TPSA) is 64.0 Å². The summed E-state index contributed by atoms with van der Waals surface area (Å²) in [6.07, 6.45) is 1.50. The molecule has 0 saturated heterocycles. The first-order valence-electron chi connectivity index (χ1n) is 7.27. The van der Waals surface area contributed by atoms with Gasteiger partial charge in [-0.1, -0.05) is 35.9 Å². The molecule has 0 unspecified atom stereocenters. The molecule has 2 aromatic carbocycles. The highest BCUT2D eigenvalue weighted by molar-refractivity contribution is 7.92. The van der Waals surface area contributed by atoms with Crippen molar-refractivity contribution in [1.29, 1.82) is 0 Å². The van der Waals surface area contributed by atoms with E-state index in [4.69, 9.17) is 11.6 Å². The van der Waals surface area contributed by atoms with Gasteiger partial charge in [-0.05, 0) is 43.7 Å². The molecule has 0 bridgehead atoms. The zero-order chi connectivity index (χ0) is 17.3. The second-order valence-corrected chi connectivity index (χ2v) is 7.49. The van der Waals surface area contributed by atoms with E-state index in [9.17, 15) is 8.42 Å². The molecular formula is C17H16ClN3O2S. The Balaban J connectivity index is 1.95. The monoisotopic (exact) mass is 361 g/mol. The van der Waals surface area contributed by atoms with Crippen LogP contribution in [0.3, 0.4) is 0 Å². The maximum atomic E-state index is 12.7. The van der Waals surface area contributed by atoms with Crippen LogP contribution in [0.1, 0.15) is 11.3 Å². The van der Waals surface area contributed by atoms with Gasteiger partial charge in [0.1, 0.15) is 4.90 Å². The van der Waals surface area contributed by atoms with Crippen LogP contribution >= 0.6 is 11.6 Å². The molecule has 24 heavy (non-hydrogen) atoms. The summed E-state index contributed by atoms with van der Waals surface area (Å²) in [7, 11) is -3.75. The Morgan fingerprint density at radius 2 is 1.79 bits per heavy atom. The van der Waals surface area contributed by atoms with Gasteiger partial charge in [-0.3, -0.25) is 4.72 Å². The lowest BCUT2D eigenvalue weighted by Crippen LogP contribution is -2.13. The number of aryl methyl sites for hydroxylation is 2. The average molecular weight is 362 g/mol. The van der Waals surface area contributed by atoms with Crippen LogP contribution in [0.5, 0.6) is 0 Å². The van der Waals surface area contributed by atoms with E-state index in [0.29, 0.717) is 16.4 Å². The standard InChI is InChI=1S/C17H16ClN3O2S/c1-12-8-9-14(10-16(12)18)20-24(22,23)17-11-21(19-13(17)2)15-6-4-3-5-7-15/h3-11,20H,1-2H3. The number of aromatic nitrogens is 2. The summed E-state index contributed by atoms with van der Waals surface area (Å²) < 4.78 is 29.4. The molecule has 0 aliphatic carbocycles. The summed E-state index contributed by atoms with van der Waals surface area (Å²) in [5, 5.41) is 4.80. The summed E-state index contributed by atoms with van der Waals surface area (Å²) in [4.78, 5) is 0.128. The second-order valence-electron chi connectivity index (χ2n) is 5.43. The highest BCUT2D eigenvalue weighted by Gasteiger charge is 2.21. The third kappa shape index (κ3) is 3.29. The third-order valence-corrected chi connectivity index (χ3v) is 5.48. The van der Waals surface area contributed by atoms with Crippen LogP contribution in [0.2, 0.25) is 5.02 Å². The molecule has 0 aliphatic heterocycles. The smallest absolute Gasteiger partial charge is 0.265 e. The first-order chi connectivity index (χ1) is 11.4. The zero-order valence-corrected chi connectivity index (χ0v) is 14.8. The number of anilines is 1. The molecule has 0 atom stereocenters. The number of benzene rings is 2. The Hall–Kier alpha value is -2.31. The molecule has 0 spiro atoms. The molecule has 1 heterocycles. The molecule has 3 aromatic rings. The number of sulfonamides is 1. The Bertz CT molecular complexity index is 982. The molecule has 3 rings (SSSR count). The Morgan fingerprint density at radius 3 is 2.46 bits per heavy atom. The van der Waals surface area contributed by atoms with Gasteiger partial charge in [-0.25, -0.2) is 13.1 Å². The number of nitrogens with zero attached hydrogens (tertiary/aromatic N) is 2. The molecule has 0 aliphatic rings. The Kier molecular flexibility index (Phi) is 4.34. The van der Waals surface area contributed by atoms with E-state index in [1.807, 2.05) is 37.3 Å². The van der Waals surface area contributed by atoms with E-state index in [-0.39, 0.29) is 4.90 Å². The highest BCUT2D eigenvalue weighted by atomic mass is 35.5. The van der Waals surface area contributed by atoms with E-state index in [1.54, 1.807) is 29.8 Å². The molecule has 0 fully saturated rings. The first-order valence-corrected chi connectivity index (χ1v) is 9.13. The van der Waals surface area contributed by atoms with E-state index in [0.717, 1.165) is 11.3 Å². The van der Waals surface area contributed by atoms with Crippen LogP contribution in [0, 0.1) is 13.8 Å². The Morgan fingerprint density at radius 1 is 1.08 bits per heavy atom. The van der Waals surface area contributed by atoms with E-state index in [1.165, 1.54) is 6.20 Å². The van der Waals surface area contributed by atoms with Crippen molar-refractivity contribution in [2.75, 3.05) is 4.72 Å². The lowest BCUT2D eigenvalue weighted by molar-refractivity contribution is 0.600. The Labute approximate surface area is 145 Å². The van der Waals surface area contributed by atoms with E-state index >= 15 is 0 Å². The van der Waals surface area contributed by atoms with Crippen LogP contribution in [0.4, 0.5) is 5.69 Å². The predicted molar refractivity (Wildman–Crippen MR) is 95.3 cm³/mol. The highest BCUT2D eigenvalue weighted by Crippen LogP contribution is 2.24. The molecule has 5 nitrogen and oxygen atoms in total. The van der Waals surface area contributed by atoms with Gasteiger partial charge in [0.2, 0.25) is 0 Å². The van der Waals surface area contributed by atoms with Crippen LogP contribution in [-0.4, -0.2) is 18.2 Å². The summed E-state index contributed by atoms with van der Waals surface area (Å²) in [6, 6.07) is 14.4. The number of hydrogen-bond donors (Lipinski definition) is 1. The fourth-order valence-corrected chi connectivity index (χ4v) is 3.68. The van der Waals surface area contributed by atoms with Crippen molar-refractivity contribution in [3.05, 3.63) is 71.0 Å². The fraction of sp³-hybridized carbons (Fsp3) is 0.118. The second kappa shape index (κ2) is 6.30. The van der Waals surface area contributed by atoms with Gasteiger partial charge in [0.25, 0.3) is 10.0 Å². The van der Waals surface area contributed by atoms with Gasteiger partial charge >= 0.3 is 0 Å². The first kappa shape index (κ1) is 16.5. The molecule has 0 radical (unpaired) electrons. The summed E-state index contributed by atoms with van der Waals surface area (Å²) in [5.74, 6) is 0. The average Bonchev–Trinajstić information content (AvgIpc) is 2.94. The molecule has 7 heteroatoms. The molecule has 0 amide bonds. The van der Waals surface area contributed by atoms with Crippen molar-refractivity contribution in [2.24, 2.45) is 0 Å². The minimum absolute atomic E-state index is 0.128. The van der Waals surface area contributed by atoms with Crippen molar-refractivity contribution in [2.45, 2.75) is 18.7 Å². The van der Waals surface area contributed by atoms with Crippen LogP contribution in [0.15, 0.2) is 59.6 Å². The summed E-state index contributed by atoms with van der Waals surface area (Å²) >= 11 is 6.05. The van der Waals surface area contributed by atoms with Crippen molar-refractivity contribution < 1.29 is 8.42 Å². The zero-order valence-electron chi connectivity index (χ0n) is 13.2. The van der Waals surface area contributed by atoms with E-state index in [2.05, 4.69) is 9.82 Å². The van der Waals surface area contributed by atoms with Crippen molar-refractivity contribution in [1.82, 2.24) is 9.78 Å². The predicted octanol–water partition coefficient (Wildman–Crippen LogP) is 3.94. The summed E-state index contributed by atoms with van der Waals surface area (Å²) in [6.45, 7) is 3.52. The SMILES string of the molecule is Cc1ccc(NS(=O)(=O)c2cn(-c3ccccc3)nc2C)cc1Cl. The lowest BCUT2D eigenvalue weighted by atomic mass is 10.2. The number of para-hydroxylation sites is 1. The number of hydrogen-bond acceptors (Lipinski definition) is 3. The fourth-order valence-electron chi connectivity index (χ4n) is 2.29. The largest absolute Gasteiger partial charge is 0.279 e. The van der Waals surface area contributed by atoms with Gasteiger partial charge in [0, 0.05) is 5.02 Å². The maximum Gasteiger partial charge on any atom is 0.265 e. The van der Waals surface area contributed by atoms with Gasteiger partial charge in [0.15, 0.2) is 0 Å². The van der Waals surface area contributed by atoms with E-state index < -0.39 is 10.0 Å². The van der Waals surface area contributed by atoms with Gasteiger partial charge in [-0.15, -0.1) is 0 Å². The normalized spacial score (nSPS) is 11.5. The number of nitrogens with one attached hydrogen (secondary N) is 1. The molecule has 124 valence electrons. The molecule has 1 aromatic heterocycles. The lowest BCUT2D eigenvalue weighted by Gasteiger charge is -2.08. The van der Waals surface area contributed by atoms with Crippen LogP contribution in [0.25, 0.3) is 5.69 Å². The van der Waals surface area contributed by atoms with Gasteiger partial charge in [-0.2, -0.15) is 5.10 Å². The maximum absolute atomic E-state index is 12.7.